The lowest BCUT2D eigenvalue weighted by Crippen LogP contribution is -2.43. The van der Waals surface area contributed by atoms with Gasteiger partial charge in [0.25, 0.3) is 0 Å². The predicted molar refractivity (Wildman–Crippen MR) is 98.1 cm³/mol. The van der Waals surface area contributed by atoms with E-state index in [1.165, 1.54) is 50.8 Å². The second-order valence-electron chi connectivity index (χ2n) is 7.68. The Morgan fingerprint density at radius 3 is 2.84 bits per heavy atom. The van der Waals surface area contributed by atoms with Crippen LogP contribution in [0.2, 0.25) is 0 Å². The molecule has 4 rings (SSSR count). The SMILES string of the molecule is CC1(c2nc(-c3cccc(CN4CCCCC4)c3)no2)CCCCN1. The largest absolute Gasteiger partial charge is 0.337 e. The number of nitrogens with one attached hydrogen (secondary N) is 1. The van der Waals surface area contributed by atoms with Crippen molar-refractivity contribution in [1.82, 2.24) is 20.4 Å². The monoisotopic (exact) mass is 340 g/mol. The molecule has 5 heteroatoms. The Bertz CT molecular complexity index is 699. The van der Waals surface area contributed by atoms with Crippen molar-refractivity contribution in [3.63, 3.8) is 0 Å². The molecule has 134 valence electrons. The molecule has 1 N–H and O–H groups in total. The normalized spacial score (nSPS) is 25.2. The van der Waals surface area contributed by atoms with Crippen LogP contribution in [0.25, 0.3) is 11.4 Å². The van der Waals surface area contributed by atoms with E-state index in [9.17, 15) is 0 Å². The van der Waals surface area contributed by atoms with Crippen molar-refractivity contribution in [3.8, 4) is 11.4 Å². The van der Waals surface area contributed by atoms with Crippen LogP contribution in [0.5, 0.6) is 0 Å². The highest BCUT2D eigenvalue weighted by molar-refractivity contribution is 5.55. The maximum Gasteiger partial charge on any atom is 0.246 e. The topological polar surface area (TPSA) is 54.2 Å². The average molecular weight is 340 g/mol. The van der Waals surface area contributed by atoms with Crippen molar-refractivity contribution < 1.29 is 4.52 Å². The van der Waals surface area contributed by atoms with E-state index < -0.39 is 0 Å². The van der Waals surface area contributed by atoms with E-state index in [0.717, 1.165) is 25.1 Å². The summed E-state index contributed by atoms with van der Waals surface area (Å²) in [6, 6.07) is 8.58. The molecule has 2 aromatic rings. The molecular formula is C20H28N4O. The lowest BCUT2D eigenvalue weighted by atomic mass is 9.91. The second-order valence-corrected chi connectivity index (χ2v) is 7.68. The molecule has 5 nitrogen and oxygen atoms in total. The van der Waals surface area contributed by atoms with Crippen LogP contribution in [-0.4, -0.2) is 34.7 Å². The van der Waals surface area contributed by atoms with Gasteiger partial charge in [-0.15, -0.1) is 0 Å². The highest BCUT2D eigenvalue weighted by atomic mass is 16.5. The number of rotatable bonds is 4. The van der Waals surface area contributed by atoms with Gasteiger partial charge in [0.15, 0.2) is 0 Å². The molecule has 2 aliphatic heterocycles. The van der Waals surface area contributed by atoms with Crippen molar-refractivity contribution in [3.05, 3.63) is 35.7 Å². The molecule has 0 bridgehead atoms. The van der Waals surface area contributed by atoms with E-state index in [-0.39, 0.29) is 5.54 Å². The molecule has 25 heavy (non-hydrogen) atoms. The van der Waals surface area contributed by atoms with Crippen molar-refractivity contribution in [1.29, 1.82) is 0 Å². The molecule has 0 radical (unpaired) electrons. The zero-order valence-electron chi connectivity index (χ0n) is 15.1. The van der Waals surface area contributed by atoms with E-state index in [1.807, 2.05) is 0 Å². The third-order valence-electron chi connectivity index (χ3n) is 5.56. The minimum Gasteiger partial charge on any atom is -0.337 e. The number of piperidine rings is 2. The third kappa shape index (κ3) is 3.77. The Hall–Kier alpha value is -1.72. The molecule has 1 aromatic heterocycles. The minimum atomic E-state index is -0.186. The summed E-state index contributed by atoms with van der Waals surface area (Å²) in [5.41, 5.74) is 2.19. The molecule has 0 saturated carbocycles. The van der Waals surface area contributed by atoms with E-state index in [2.05, 4.69) is 46.6 Å². The van der Waals surface area contributed by atoms with Crippen LogP contribution >= 0.6 is 0 Å². The summed E-state index contributed by atoms with van der Waals surface area (Å²) >= 11 is 0. The van der Waals surface area contributed by atoms with E-state index in [4.69, 9.17) is 9.51 Å². The van der Waals surface area contributed by atoms with Crippen molar-refractivity contribution in [2.24, 2.45) is 0 Å². The van der Waals surface area contributed by atoms with Crippen LogP contribution in [-0.2, 0) is 12.1 Å². The van der Waals surface area contributed by atoms with Gasteiger partial charge >= 0.3 is 0 Å². The zero-order chi connectivity index (χ0) is 17.1. The number of benzene rings is 1. The Kier molecular flexibility index (Phi) is 4.86. The van der Waals surface area contributed by atoms with Crippen LogP contribution in [0, 0.1) is 0 Å². The van der Waals surface area contributed by atoms with Gasteiger partial charge in [-0.3, -0.25) is 4.90 Å². The summed E-state index contributed by atoms with van der Waals surface area (Å²) in [7, 11) is 0. The molecule has 2 saturated heterocycles. The smallest absolute Gasteiger partial charge is 0.246 e. The van der Waals surface area contributed by atoms with Gasteiger partial charge in [-0.1, -0.05) is 29.8 Å². The van der Waals surface area contributed by atoms with Gasteiger partial charge in [0.05, 0.1) is 5.54 Å². The number of aromatic nitrogens is 2. The van der Waals surface area contributed by atoms with Crippen molar-refractivity contribution in [2.75, 3.05) is 19.6 Å². The highest BCUT2D eigenvalue weighted by Crippen LogP contribution is 2.30. The summed E-state index contributed by atoms with van der Waals surface area (Å²) in [4.78, 5) is 7.25. The molecule has 2 fully saturated rings. The standard InChI is InChI=1S/C20H28N4O/c1-20(10-3-4-11-21-20)19-22-18(23-25-19)17-9-7-8-16(14-17)15-24-12-5-2-6-13-24/h7-9,14,21H,2-6,10-13,15H2,1H3. The van der Waals surface area contributed by atoms with Gasteiger partial charge in [-0.25, -0.2) is 0 Å². The number of hydrogen-bond acceptors (Lipinski definition) is 5. The summed E-state index contributed by atoms with van der Waals surface area (Å²) in [6.45, 7) is 6.61. The Morgan fingerprint density at radius 2 is 2.04 bits per heavy atom. The average Bonchev–Trinajstić information content (AvgIpc) is 3.15. The third-order valence-corrected chi connectivity index (χ3v) is 5.56. The second kappa shape index (κ2) is 7.26. The van der Waals surface area contributed by atoms with Crippen LogP contribution in [0.15, 0.2) is 28.8 Å². The van der Waals surface area contributed by atoms with E-state index >= 15 is 0 Å². The van der Waals surface area contributed by atoms with Gasteiger partial charge in [0, 0.05) is 12.1 Å². The van der Waals surface area contributed by atoms with Gasteiger partial charge in [-0.2, -0.15) is 4.98 Å². The number of hydrogen-bond donors (Lipinski definition) is 1. The Morgan fingerprint density at radius 1 is 1.16 bits per heavy atom. The molecule has 3 heterocycles. The molecule has 1 atom stereocenters. The highest BCUT2D eigenvalue weighted by Gasteiger charge is 2.34. The number of likely N-dealkylation sites (tertiary alicyclic amines) is 1. The Labute approximate surface area is 149 Å². The summed E-state index contributed by atoms with van der Waals surface area (Å²) in [5.74, 6) is 1.41. The minimum absolute atomic E-state index is 0.186. The summed E-state index contributed by atoms with van der Waals surface area (Å²) in [5, 5.41) is 7.79. The molecular weight excluding hydrogens is 312 g/mol. The fourth-order valence-electron chi connectivity index (χ4n) is 3.99. The van der Waals surface area contributed by atoms with Crippen LogP contribution in [0.3, 0.4) is 0 Å². The van der Waals surface area contributed by atoms with Gasteiger partial charge in [0.2, 0.25) is 11.7 Å². The lowest BCUT2D eigenvalue weighted by Gasteiger charge is -2.31. The van der Waals surface area contributed by atoms with Crippen molar-refractivity contribution in [2.45, 2.75) is 57.5 Å². The van der Waals surface area contributed by atoms with Crippen LogP contribution in [0.1, 0.15) is 56.9 Å². The first-order valence-electron chi connectivity index (χ1n) is 9.64. The van der Waals surface area contributed by atoms with Crippen molar-refractivity contribution >= 4 is 0 Å². The van der Waals surface area contributed by atoms with Crippen LogP contribution in [0.4, 0.5) is 0 Å². The number of nitrogens with zero attached hydrogens (tertiary/aromatic N) is 3. The maximum absolute atomic E-state index is 5.62. The molecule has 1 aromatic carbocycles. The molecule has 1 unspecified atom stereocenters. The summed E-state index contributed by atoms with van der Waals surface area (Å²) < 4.78 is 5.62. The lowest BCUT2D eigenvalue weighted by molar-refractivity contribution is 0.207. The molecule has 0 amide bonds. The van der Waals surface area contributed by atoms with Gasteiger partial charge in [-0.05, 0) is 70.3 Å². The first kappa shape index (κ1) is 16.7. The molecule has 2 aliphatic rings. The fourth-order valence-corrected chi connectivity index (χ4v) is 3.99. The first-order chi connectivity index (χ1) is 12.2. The van der Waals surface area contributed by atoms with E-state index in [0.29, 0.717) is 11.7 Å². The van der Waals surface area contributed by atoms with Gasteiger partial charge < -0.3 is 9.84 Å². The summed E-state index contributed by atoms with van der Waals surface area (Å²) in [6.07, 6.45) is 7.47. The Balaban J connectivity index is 1.51. The maximum atomic E-state index is 5.62. The van der Waals surface area contributed by atoms with Gasteiger partial charge in [0.1, 0.15) is 0 Å². The van der Waals surface area contributed by atoms with E-state index in [1.54, 1.807) is 0 Å². The zero-order valence-corrected chi connectivity index (χ0v) is 15.1. The molecule has 0 spiro atoms. The predicted octanol–water partition coefficient (Wildman–Crippen LogP) is 3.71. The van der Waals surface area contributed by atoms with Crippen LogP contribution < -0.4 is 5.32 Å². The fraction of sp³-hybridized carbons (Fsp3) is 0.600. The quantitative estimate of drug-likeness (QED) is 0.919. The molecule has 0 aliphatic carbocycles. The first-order valence-corrected chi connectivity index (χ1v) is 9.64.